The van der Waals surface area contributed by atoms with Crippen molar-refractivity contribution in [3.8, 4) is 0 Å². The van der Waals surface area contributed by atoms with E-state index in [2.05, 4.69) is 20.2 Å². The molecule has 1 aliphatic heterocycles. The molecule has 18 heavy (non-hydrogen) atoms. The Bertz CT molecular complexity index is 433. The van der Waals surface area contributed by atoms with E-state index >= 15 is 0 Å². The summed E-state index contributed by atoms with van der Waals surface area (Å²) in [7, 11) is 0. The smallest absolute Gasteiger partial charge is 0.137 e. The van der Waals surface area contributed by atoms with Crippen molar-refractivity contribution in [3.63, 3.8) is 0 Å². The van der Waals surface area contributed by atoms with E-state index in [-0.39, 0.29) is 0 Å². The molecule has 5 heteroatoms. The number of hydrogen-bond donors (Lipinski definition) is 1. The minimum Gasteiger partial charge on any atom is -0.369 e. The van der Waals surface area contributed by atoms with Crippen LogP contribution in [-0.4, -0.2) is 40.5 Å². The van der Waals surface area contributed by atoms with Gasteiger partial charge < -0.3 is 10.2 Å². The number of aromatic nitrogens is 2. The zero-order chi connectivity index (χ0) is 12.5. The van der Waals surface area contributed by atoms with Crippen molar-refractivity contribution in [2.45, 2.75) is 32.2 Å². The van der Waals surface area contributed by atoms with Gasteiger partial charge in [0.2, 0.25) is 0 Å². The fourth-order valence-corrected chi connectivity index (χ4v) is 2.78. The summed E-state index contributed by atoms with van der Waals surface area (Å²) in [4.78, 5) is 10.8. The Morgan fingerprint density at radius 1 is 1.39 bits per heavy atom. The summed E-state index contributed by atoms with van der Waals surface area (Å²) in [6.45, 7) is 5.43. The maximum Gasteiger partial charge on any atom is 0.137 e. The molecule has 1 atom stereocenters. The number of likely N-dealkylation sites (tertiary alicyclic amines) is 1. The van der Waals surface area contributed by atoms with Crippen molar-refractivity contribution in [2.24, 2.45) is 5.92 Å². The van der Waals surface area contributed by atoms with Crippen LogP contribution in [0.1, 0.15) is 24.8 Å². The molecule has 0 amide bonds. The molecule has 1 aliphatic carbocycles. The first-order valence-corrected chi connectivity index (χ1v) is 7.07. The van der Waals surface area contributed by atoms with Crippen molar-refractivity contribution >= 4 is 17.4 Å². The summed E-state index contributed by atoms with van der Waals surface area (Å²) in [6.07, 6.45) is 5.62. The predicted octanol–water partition coefficient (Wildman–Crippen LogP) is 2.33. The summed E-state index contributed by atoms with van der Waals surface area (Å²) >= 11 is 5.98. The van der Waals surface area contributed by atoms with E-state index in [1.54, 1.807) is 0 Å². The molecule has 0 aromatic carbocycles. The number of anilines is 1. The number of rotatable bonds is 4. The van der Waals surface area contributed by atoms with E-state index < -0.39 is 0 Å². The Morgan fingerprint density at radius 3 is 3.00 bits per heavy atom. The molecule has 1 aromatic rings. The van der Waals surface area contributed by atoms with Crippen LogP contribution in [0.25, 0.3) is 0 Å². The highest BCUT2D eigenvalue weighted by Crippen LogP contribution is 2.31. The van der Waals surface area contributed by atoms with Gasteiger partial charge >= 0.3 is 0 Å². The first-order chi connectivity index (χ1) is 8.74. The van der Waals surface area contributed by atoms with E-state index in [0.29, 0.717) is 5.15 Å². The number of nitrogens with one attached hydrogen (secondary N) is 1. The molecular formula is C13H19ClN4. The zero-order valence-electron chi connectivity index (χ0n) is 10.7. The zero-order valence-corrected chi connectivity index (χ0v) is 11.5. The summed E-state index contributed by atoms with van der Waals surface area (Å²) in [5.41, 5.74) is 0.941. The van der Waals surface area contributed by atoms with Crippen LogP contribution in [0.2, 0.25) is 5.15 Å². The first-order valence-electron chi connectivity index (χ1n) is 6.69. The van der Waals surface area contributed by atoms with Gasteiger partial charge in [-0.2, -0.15) is 0 Å². The number of hydrogen-bond acceptors (Lipinski definition) is 4. The number of nitrogens with zero attached hydrogens (tertiary/aromatic N) is 3. The second kappa shape index (κ2) is 5.02. The molecule has 0 radical (unpaired) electrons. The van der Waals surface area contributed by atoms with E-state index in [0.717, 1.165) is 29.9 Å². The molecule has 3 rings (SSSR count). The normalized spacial score (nSPS) is 24.4. The second-order valence-electron chi connectivity index (χ2n) is 5.40. The lowest BCUT2D eigenvalue weighted by atomic mass is 10.1. The molecule has 1 N–H and O–H groups in total. The monoisotopic (exact) mass is 266 g/mol. The van der Waals surface area contributed by atoms with E-state index in [1.165, 1.54) is 38.7 Å². The molecule has 0 bridgehead atoms. The average molecular weight is 267 g/mol. The highest BCUT2D eigenvalue weighted by Gasteiger charge is 2.34. The van der Waals surface area contributed by atoms with Crippen LogP contribution < -0.4 is 5.32 Å². The molecule has 2 heterocycles. The third-order valence-corrected chi connectivity index (χ3v) is 4.34. The molecule has 0 spiro atoms. The Kier molecular flexibility index (Phi) is 3.39. The summed E-state index contributed by atoms with van der Waals surface area (Å²) < 4.78 is 0. The van der Waals surface area contributed by atoms with Crippen molar-refractivity contribution in [2.75, 3.05) is 25.0 Å². The Labute approximate surface area is 113 Å². The molecule has 2 aliphatic rings. The molecule has 4 nitrogen and oxygen atoms in total. The van der Waals surface area contributed by atoms with E-state index in [9.17, 15) is 0 Å². The Balaban J connectivity index is 1.53. The van der Waals surface area contributed by atoms with E-state index in [4.69, 9.17) is 11.6 Å². The van der Waals surface area contributed by atoms with Gasteiger partial charge in [0.1, 0.15) is 17.3 Å². The van der Waals surface area contributed by atoms with Crippen LogP contribution in [-0.2, 0) is 0 Å². The van der Waals surface area contributed by atoms with Crippen LogP contribution in [0, 0.1) is 12.8 Å². The average Bonchev–Trinajstić information content (AvgIpc) is 3.11. The lowest BCUT2D eigenvalue weighted by Gasteiger charge is -2.16. The lowest BCUT2D eigenvalue weighted by Crippen LogP contribution is -2.25. The maximum atomic E-state index is 5.98. The third kappa shape index (κ3) is 2.59. The molecule has 1 unspecified atom stereocenters. The summed E-state index contributed by atoms with van der Waals surface area (Å²) in [5.74, 6) is 1.61. The maximum absolute atomic E-state index is 5.98. The van der Waals surface area contributed by atoms with Gasteiger partial charge in [0.05, 0.1) is 0 Å². The van der Waals surface area contributed by atoms with Crippen molar-refractivity contribution in [1.29, 1.82) is 0 Å². The van der Waals surface area contributed by atoms with Crippen LogP contribution >= 0.6 is 11.6 Å². The minimum atomic E-state index is 0.540. The minimum absolute atomic E-state index is 0.540. The van der Waals surface area contributed by atoms with Gasteiger partial charge in [0, 0.05) is 24.7 Å². The quantitative estimate of drug-likeness (QED) is 0.850. The van der Waals surface area contributed by atoms with Crippen LogP contribution in [0.5, 0.6) is 0 Å². The SMILES string of the molecule is Cc1c(Cl)ncnc1NCC1CCN(C2CC2)C1. The highest BCUT2D eigenvalue weighted by atomic mass is 35.5. The standard InChI is InChI=1S/C13H19ClN4/c1-9-12(14)16-8-17-13(9)15-6-10-4-5-18(7-10)11-2-3-11/h8,10-11H,2-7H2,1H3,(H,15,16,17). The van der Waals surface area contributed by atoms with Gasteiger partial charge in [-0.05, 0) is 38.6 Å². The summed E-state index contributed by atoms with van der Waals surface area (Å²) in [6, 6.07) is 0.894. The second-order valence-corrected chi connectivity index (χ2v) is 5.76. The topological polar surface area (TPSA) is 41.1 Å². The largest absolute Gasteiger partial charge is 0.369 e. The third-order valence-electron chi connectivity index (χ3n) is 3.96. The first kappa shape index (κ1) is 12.2. The van der Waals surface area contributed by atoms with Crippen LogP contribution in [0.4, 0.5) is 5.82 Å². The molecule has 1 aromatic heterocycles. The molecule has 1 saturated carbocycles. The van der Waals surface area contributed by atoms with Gasteiger partial charge in [0.15, 0.2) is 0 Å². The summed E-state index contributed by atoms with van der Waals surface area (Å²) in [5, 5.41) is 3.95. The Morgan fingerprint density at radius 2 is 2.22 bits per heavy atom. The van der Waals surface area contributed by atoms with Gasteiger partial charge in [-0.25, -0.2) is 9.97 Å². The lowest BCUT2D eigenvalue weighted by molar-refractivity contribution is 0.316. The molecular weight excluding hydrogens is 248 g/mol. The molecule has 98 valence electrons. The van der Waals surface area contributed by atoms with Crippen molar-refractivity contribution in [1.82, 2.24) is 14.9 Å². The van der Waals surface area contributed by atoms with Crippen LogP contribution in [0.15, 0.2) is 6.33 Å². The molecule has 2 fully saturated rings. The predicted molar refractivity (Wildman–Crippen MR) is 73.0 cm³/mol. The van der Waals surface area contributed by atoms with E-state index in [1.807, 2.05) is 6.92 Å². The van der Waals surface area contributed by atoms with Gasteiger partial charge in [-0.15, -0.1) is 0 Å². The van der Waals surface area contributed by atoms with Gasteiger partial charge in [-0.1, -0.05) is 11.6 Å². The van der Waals surface area contributed by atoms with Gasteiger partial charge in [0.25, 0.3) is 0 Å². The fraction of sp³-hybridized carbons (Fsp3) is 0.692. The fourth-order valence-electron chi connectivity index (χ4n) is 2.65. The van der Waals surface area contributed by atoms with Crippen molar-refractivity contribution < 1.29 is 0 Å². The Hall–Kier alpha value is -0.870. The van der Waals surface area contributed by atoms with Crippen molar-refractivity contribution in [3.05, 3.63) is 17.0 Å². The van der Waals surface area contributed by atoms with Gasteiger partial charge in [-0.3, -0.25) is 0 Å². The highest BCUT2D eigenvalue weighted by molar-refractivity contribution is 6.30. The number of halogens is 1. The molecule has 1 saturated heterocycles. The van der Waals surface area contributed by atoms with Crippen LogP contribution in [0.3, 0.4) is 0 Å².